The lowest BCUT2D eigenvalue weighted by Gasteiger charge is -2.40. The molecule has 8 heteroatoms. The van der Waals surface area contributed by atoms with E-state index in [2.05, 4.69) is 40.1 Å². The molecule has 2 aromatic carbocycles. The number of ether oxygens (including phenoxy) is 4. The van der Waals surface area contributed by atoms with Crippen molar-refractivity contribution in [3.05, 3.63) is 58.7 Å². The lowest BCUT2D eigenvalue weighted by molar-refractivity contribution is 0.0113. The number of rotatable bonds is 9. The van der Waals surface area contributed by atoms with E-state index in [1.807, 2.05) is 6.08 Å². The predicted octanol–water partition coefficient (Wildman–Crippen LogP) is 5.24. The summed E-state index contributed by atoms with van der Waals surface area (Å²) in [6.45, 7) is 6.22. The van der Waals surface area contributed by atoms with Gasteiger partial charge in [-0.25, -0.2) is 0 Å². The molecular weight excluding hydrogens is 580 g/mol. The van der Waals surface area contributed by atoms with Crippen LogP contribution in [0.3, 0.4) is 0 Å². The molecule has 0 aromatic heterocycles. The van der Waals surface area contributed by atoms with Crippen LogP contribution in [0.1, 0.15) is 86.5 Å². The smallest absolute Gasteiger partial charge is 0.166 e. The number of benzene rings is 2. The number of nitrogens with zero attached hydrogens (tertiary/aromatic N) is 2. The molecule has 0 saturated heterocycles. The van der Waals surface area contributed by atoms with Crippen molar-refractivity contribution in [2.24, 2.45) is 0 Å². The molecule has 4 aliphatic heterocycles. The highest BCUT2D eigenvalue weighted by Crippen LogP contribution is 2.58. The fraction of sp³-hybridized carbons (Fsp3) is 0.632. The van der Waals surface area contributed by atoms with E-state index < -0.39 is 6.10 Å². The molecule has 6 atom stereocenters. The highest BCUT2D eigenvalue weighted by atomic mass is 16.5. The summed E-state index contributed by atoms with van der Waals surface area (Å²) in [6.07, 6.45) is 13.7. The quantitative estimate of drug-likeness (QED) is 0.288. The van der Waals surface area contributed by atoms with E-state index in [0.717, 1.165) is 87.9 Å². The van der Waals surface area contributed by atoms with Gasteiger partial charge in [0.1, 0.15) is 12.2 Å². The summed E-state index contributed by atoms with van der Waals surface area (Å²) in [4.78, 5) is 5.28. The third-order valence-corrected chi connectivity index (χ3v) is 12.2. The van der Waals surface area contributed by atoms with Crippen LogP contribution in [0, 0.1) is 0 Å². The van der Waals surface area contributed by atoms with Crippen LogP contribution < -0.4 is 18.9 Å². The summed E-state index contributed by atoms with van der Waals surface area (Å²) in [6, 6.07) is 8.61. The van der Waals surface area contributed by atoms with E-state index in [0.29, 0.717) is 12.8 Å². The number of aliphatic hydroxyl groups is 2. The van der Waals surface area contributed by atoms with Gasteiger partial charge in [0.15, 0.2) is 23.0 Å². The Morgan fingerprint density at radius 2 is 1.39 bits per heavy atom. The maximum Gasteiger partial charge on any atom is 0.166 e. The lowest BCUT2D eigenvalue weighted by Crippen LogP contribution is -2.46. The van der Waals surface area contributed by atoms with E-state index in [9.17, 15) is 10.2 Å². The Kier molecular flexibility index (Phi) is 7.99. The Morgan fingerprint density at radius 1 is 0.761 bits per heavy atom. The first-order chi connectivity index (χ1) is 22.4. The van der Waals surface area contributed by atoms with Gasteiger partial charge < -0.3 is 29.2 Å². The van der Waals surface area contributed by atoms with Gasteiger partial charge in [0.2, 0.25) is 0 Å². The highest BCUT2D eigenvalue weighted by Gasteiger charge is 2.55. The maximum atomic E-state index is 10.5. The topological polar surface area (TPSA) is 83.9 Å². The van der Waals surface area contributed by atoms with Gasteiger partial charge in [0, 0.05) is 42.5 Å². The van der Waals surface area contributed by atoms with Crippen LogP contribution in [0.4, 0.5) is 0 Å². The zero-order valence-electron chi connectivity index (χ0n) is 27.5. The van der Waals surface area contributed by atoms with Gasteiger partial charge in [0.05, 0.1) is 31.8 Å². The van der Waals surface area contributed by atoms with Crippen molar-refractivity contribution < 1.29 is 29.2 Å². The fourth-order valence-electron chi connectivity index (χ4n) is 9.81. The first kappa shape index (κ1) is 30.5. The van der Waals surface area contributed by atoms with Crippen molar-refractivity contribution in [1.29, 1.82) is 0 Å². The molecule has 0 unspecified atom stereocenters. The Bertz CT molecular complexity index is 1490. The fourth-order valence-corrected chi connectivity index (χ4v) is 9.81. The molecule has 0 amide bonds. The second-order valence-corrected chi connectivity index (χ2v) is 14.7. The number of unbranched alkanes of at least 4 members (excludes halogenated alkanes) is 3. The molecule has 0 radical (unpaired) electrons. The average molecular weight is 631 g/mol. The Morgan fingerprint density at radius 3 is 2.09 bits per heavy atom. The number of aliphatic hydroxyl groups excluding tert-OH is 2. The van der Waals surface area contributed by atoms with Crippen LogP contribution in [0.25, 0.3) is 0 Å². The first-order valence-corrected chi connectivity index (χ1v) is 17.7. The summed E-state index contributed by atoms with van der Waals surface area (Å²) in [5, 5.41) is 20.8. The van der Waals surface area contributed by atoms with Crippen LogP contribution in [-0.4, -0.2) is 84.8 Å². The Labute approximate surface area is 273 Å². The molecule has 2 spiro atoms. The zero-order valence-corrected chi connectivity index (χ0v) is 27.5. The van der Waals surface area contributed by atoms with E-state index >= 15 is 0 Å². The second-order valence-electron chi connectivity index (χ2n) is 14.7. The van der Waals surface area contributed by atoms with Gasteiger partial charge in [-0.15, -0.1) is 0 Å². The maximum absolute atomic E-state index is 10.5. The van der Waals surface area contributed by atoms with Crippen molar-refractivity contribution >= 4 is 0 Å². The van der Waals surface area contributed by atoms with Gasteiger partial charge in [-0.1, -0.05) is 37.1 Å². The Balaban J connectivity index is 0.869. The van der Waals surface area contributed by atoms with Crippen molar-refractivity contribution in [1.82, 2.24) is 9.80 Å². The molecule has 248 valence electrons. The molecule has 8 rings (SSSR count). The molecule has 0 bridgehead atoms. The molecule has 8 nitrogen and oxygen atoms in total. The van der Waals surface area contributed by atoms with Crippen molar-refractivity contribution in [3.63, 3.8) is 0 Å². The SMILES string of the molecule is COc1ccc2c3c1O[C@H]1C[C@@H](O)CC[C@@]31CCN(CCCCCCN1CC[C@@]34C=C[C@H](O)C[C@@H]3Oc3c(OC)ccc(c34)C1)C2. The molecule has 2 aromatic rings. The predicted molar refractivity (Wildman–Crippen MR) is 176 cm³/mol. The number of hydrogen-bond donors (Lipinski definition) is 2. The van der Waals surface area contributed by atoms with E-state index in [1.54, 1.807) is 14.2 Å². The van der Waals surface area contributed by atoms with Gasteiger partial charge in [-0.05, 0) is 88.0 Å². The molecule has 1 saturated carbocycles. The third kappa shape index (κ3) is 4.94. The summed E-state index contributed by atoms with van der Waals surface area (Å²) < 4.78 is 24.4. The van der Waals surface area contributed by atoms with Crippen molar-refractivity contribution in [2.45, 2.75) is 113 Å². The first-order valence-electron chi connectivity index (χ1n) is 17.7. The molecule has 2 N–H and O–H groups in total. The molecule has 4 heterocycles. The van der Waals surface area contributed by atoms with Gasteiger partial charge in [0.25, 0.3) is 0 Å². The minimum absolute atomic E-state index is 0.00325. The van der Waals surface area contributed by atoms with E-state index in [4.69, 9.17) is 18.9 Å². The normalized spacial score (nSPS) is 32.7. The third-order valence-electron chi connectivity index (χ3n) is 12.2. The summed E-state index contributed by atoms with van der Waals surface area (Å²) in [5.74, 6) is 3.45. The second kappa shape index (κ2) is 12.0. The van der Waals surface area contributed by atoms with Crippen LogP contribution in [0.5, 0.6) is 23.0 Å². The molecule has 46 heavy (non-hydrogen) atoms. The highest BCUT2D eigenvalue weighted by molar-refractivity contribution is 5.61. The number of hydrogen-bond acceptors (Lipinski definition) is 8. The van der Waals surface area contributed by atoms with Crippen molar-refractivity contribution in [2.75, 3.05) is 40.4 Å². The molecule has 1 fully saturated rings. The van der Waals surface area contributed by atoms with Gasteiger partial charge >= 0.3 is 0 Å². The minimum Gasteiger partial charge on any atom is -0.493 e. The van der Waals surface area contributed by atoms with E-state index in [-0.39, 0.29) is 29.1 Å². The van der Waals surface area contributed by atoms with Crippen LogP contribution >= 0.6 is 0 Å². The minimum atomic E-state index is -0.450. The summed E-state index contributed by atoms with van der Waals surface area (Å²) in [5.41, 5.74) is 5.21. The van der Waals surface area contributed by atoms with Crippen LogP contribution in [0.2, 0.25) is 0 Å². The van der Waals surface area contributed by atoms with E-state index in [1.165, 1.54) is 47.9 Å². The summed E-state index contributed by atoms with van der Waals surface area (Å²) in [7, 11) is 3.44. The lowest BCUT2D eigenvalue weighted by atomic mass is 9.65. The van der Waals surface area contributed by atoms with Gasteiger partial charge in [-0.3, -0.25) is 9.80 Å². The van der Waals surface area contributed by atoms with Gasteiger partial charge in [-0.2, -0.15) is 0 Å². The average Bonchev–Trinajstić information content (AvgIpc) is 3.44. The zero-order chi connectivity index (χ0) is 31.5. The standard InChI is InChI=1S/C38H50N2O6/c1-43-29-9-7-25-23-39(19-15-37-13-11-27(41)21-31(37)45-35(29)33(25)37)17-5-3-4-6-18-40-20-16-38-14-12-28(42)22-32(38)46-36-30(44-2)10-8-26(24-40)34(36)38/h7-11,13,27-28,31-32,41-42H,3-6,12,14-24H2,1-2H3/t27-,28-,31-,32-,37-,38-/m0/s1. The molecule has 2 aliphatic carbocycles. The van der Waals surface area contributed by atoms with Crippen molar-refractivity contribution in [3.8, 4) is 23.0 Å². The summed E-state index contributed by atoms with van der Waals surface area (Å²) >= 11 is 0. The number of methoxy groups -OCH3 is 2. The molecule has 6 aliphatic rings. The monoisotopic (exact) mass is 630 g/mol. The van der Waals surface area contributed by atoms with Crippen LogP contribution in [-0.2, 0) is 23.9 Å². The Hall–Kier alpha value is -2.78. The van der Waals surface area contributed by atoms with Crippen LogP contribution in [0.15, 0.2) is 36.4 Å². The molecular formula is C38H50N2O6. The largest absolute Gasteiger partial charge is 0.493 e.